The van der Waals surface area contributed by atoms with Crippen LogP contribution in [0.1, 0.15) is 4.88 Å². The normalized spacial score (nSPS) is 11.1. The van der Waals surface area contributed by atoms with Gasteiger partial charge in [0.2, 0.25) is 0 Å². The number of halogens is 2. The molecule has 0 bridgehead atoms. The van der Waals surface area contributed by atoms with Crippen molar-refractivity contribution in [1.29, 1.82) is 0 Å². The van der Waals surface area contributed by atoms with Gasteiger partial charge in [0.25, 0.3) is 0 Å². The average Bonchev–Trinajstić information content (AvgIpc) is 2.44. The molecular weight excluding hydrogens is 227 g/mol. The fourth-order valence-electron chi connectivity index (χ4n) is 0.748. The maximum atomic E-state index is 5.90. The molecule has 2 nitrogen and oxygen atoms in total. The zero-order chi connectivity index (χ0) is 9.84. The lowest BCUT2D eigenvalue weighted by Crippen LogP contribution is -2.07. The van der Waals surface area contributed by atoms with Crippen molar-refractivity contribution in [3.8, 4) is 0 Å². The number of anilines is 1. The van der Waals surface area contributed by atoms with Crippen molar-refractivity contribution in [1.82, 2.24) is 4.98 Å². The molecule has 1 aromatic heterocycles. The van der Waals surface area contributed by atoms with E-state index in [0.29, 0.717) is 11.0 Å². The number of thiazole rings is 1. The molecular formula is C8H10Cl2N2S. The molecule has 1 heterocycles. The van der Waals surface area contributed by atoms with Crippen molar-refractivity contribution in [2.24, 2.45) is 0 Å². The third kappa shape index (κ3) is 2.86. The number of hydrogen-bond donors (Lipinski definition) is 0. The molecule has 0 fully saturated rings. The SMILES string of the molecule is CN(C)c1nc(Cl)c(C=CCCl)s1. The highest BCUT2D eigenvalue weighted by molar-refractivity contribution is 7.17. The summed E-state index contributed by atoms with van der Waals surface area (Å²) in [6.45, 7) is 0. The van der Waals surface area contributed by atoms with Crippen LogP contribution in [0.3, 0.4) is 0 Å². The second kappa shape index (κ2) is 4.84. The van der Waals surface area contributed by atoms with E-state index in [2.05, 4.69) is 4.98 Å². The molecule has 0 atom stereocenters. The predicted octanol–water partition coefficient (Wildman–Crippen LogP) is 3.11. The summed E-state index contributed by atoms with van der Waals surface area (Å²) in [5, 5.41) is 1.44. The van der Waals surface area contributed by atoms with E-state index in [1.807, 2.05) is 31.1 Å². The van der Waals surface area contributed by atoms with Crippen LogP contribution in [0, 0.1) is 0 Å². The van der Waals surface area contributed by atoms with Crippen LogP contribution < -0.4 is 4.90 Å². The molecule has 0 saturated carbocycles. The van der Waals surface area contributed by atoms with Crippen LogP contribution in [0.2, 0.25) is 5.15 Å². The van der Waals surface area contributed by atoms with Crippen molar-refractivity contribution in [2.75, 3.05) is 24.9 Å². The number of allylic oxidation sites excluding steroid dienone is 1. The Morgan fingerprint density at radius 3 is 2.69 bits per heavy atom. The first-order valence-corrected chi connectivity index (χ1v) is 5.44. The highest BCUT2D eigenvalue weighted by Crippen LogP contribution is 2.29. The maximum Gasteiger partial charge on any atom is 0.186 e. The molecule has 0 spiro atoms. The molecule has 1 rings (SSSR count). The Hall–Kier alpha value is -0.250. The molecule has 0 unspecified atom stereocenters. The number of alkyl halides is 1. The van der Waals surface area contributed by atoms with E-state index >= 15 is 0 Å². The highest BCUT2D eigenvalue weighted by atomic mass is 35.5. The summed E-state index contributed by atoms with van der Waals surface area (Å²) in [4.78, 5) is 7.05. The zero-order valence-electron chi connectivity index (χ0n) is 7.42. The van der Waals surface area contributed by atoms with Crippen LogP contribution in [-0.2, 0) is 0 Å². The van der Waals surface area contributed by atoms with E-state index in [1.165, 1.54) is 0 Å². The summed E-state index contributed by atoms with van der Waals surface area (Å²) in [5.74, 6) is 0.492. The summed E-state index contributed by atoms with van der Waals surface area (Å²) in [6.07, 6.45) is 3.74. The van der Waals surface area contributed by atoms with E-state index < -0.39 is 0 Å². The van der Waals surface area contributed by atoms with Crippen LogP contribution in [0.15, 0.2) is 6.08 Å². The Bertz CT molecular complexity index is 307. The molecule has 1 aromatic rings. The first kappa shape index (κ1) is 10.8. The largest absolute Gasteiger partial charge is 0.354 e. The van der Waals surface area contributed by atoms with Crippen molar-refractivity contribution in [3.63, 3.8) is 0 Å². The lowest BCUT2D eigenvalue weighted by molar-refractivity contribution is 1.10. The van der Waals surface area contributed by atoms with Crippen LogP contribution in [0.5, 0.6) is 0 Å². The zero-order valence-corrected chi connectivity index (χ0v) is 9.75. The van der Waals surface area contributed by atoms with Crippen LogP contribution >= 0.6 is 34.5 Å². The van der Waals surface area contributed by atoms with Gasteiger partial charge in [-0.05, 0) is 6.08 Å². The van der Waals surface area contributed by atoms with Crippen LogP contribution in [0.25, 0.3) is 6.08 Å². The minimum atomic E-state index is 0.492. The number of rotatable bonds is 3. The van der Waals surface area contributed by atoms with E-state index in [9.17, 15) is 0 Å². The minimum Gasteiger partial charge on any atom is -0.354 e. The highest BCUT2D eigenvalue weighted by Gasteiger charge is 2.07. The molecule has 0 saturated heterocycles. The summed E-state index contributed by atoms with van der Waals surface area (Å²) in [5.41, 5.74) is 0. The van der Waals surface area contributed by atoms with E-state index in [1.54, 1.807) is 11.3 Å². The molecule has 0 amide bonds. The first-order chi connectivity index (χ1) is 6.15. The van der Waals surface area contributed by atoms with Gasteiger partial charge in [-0.2, -0.15) is 0 Å². The molecule has 72 valence electrons. The van der Waals surface area contributed by atoms with Gasteiger partial charge in [0, 0.05) is 20.0 Å². The summed E-state index contributed by atoms with van der Waals surface area (Å²) < 4.78 is 0. The predicted molar refractivity (Wildman–Crippen MR) is 61.2 cm³/mol. The van der Waals surface area contributed by atoms with E-state index in [0.717, 1.165) is 10.0 Å². The third-order valence-electron chi connectivity index (χ3n) is 1.34. The summed E-state index contributed by atoms with van der Waals surface area (Å²) in [7, 11) is 3.87. The maximum absolute atomic E-state index is 5.90. The van der Waals surface area contributed by atoms with E-state index in [-0.39, 0.29) is 0 Å². The lowest BCUT2D eigenvalue weighted by atomic mass is 10.5. The second-order valence-electron chi connectivity index (χ2n) is 2.60. The molecule has 0 N–H and O–H groups in total. The van der Waals surface area contributed by atoms with Gasteiger partial charge in [0.1, 0.15) is 5.15 Å². The van der Waals surface area contributed by atoms with Gasteiger partial charge in [-0.3, -0.25) is 0 Å². The molecule has 0 aliphatic heterocycles. The van der Waals surface area contributed by atoms with Gasteiger partial charge in [-0.1, -0.05) is 29.0 Å². The second-order valence-corrected chi connectivity index (χ2v) is 4.28. The molecule has 5 heteroatoms. The molecule has 0 aliphatic rings. The molecule has 0 aromatic carbocycles. The average molecular weight is 237 g/mol. The van der Waals surface area contributed by atoms with Crippen molar-refractivity contribution < 1.29 is 0 Å². The number of nitrogens with zero attached hydrogens (tertiary/aromatic N) is 2. The Labute approximate surface area is 91.8 Å². The van der Waals surface area contributed by atoms with Gasteiger partial charge in [-0.15, -0.1) is 11.6 Å². The summed E-state index contributed by atoms with van der Waals surface area (Å²) in [6, 6.07) is 0. The van der Waals surface area contributed by atoms with Crippen molar-refractivity contribution >= 4 is 45.7 Å². The molecule has 0 aliphatic carbocycles. The Morgan fingerprint density at radius 1 is 1.54 bits per heavy atom. The lowest BCUT2D eigenvalue weighted by Gasteiger charge is -2.04. The molecule has 0 radical (unpaired) electrons. The van der Waals surface area contributed by atoms with Gasteiger partial charge < -0.3 is 4.90 Å². The third-order valence-corrected chi connectivity index (χ3v) is 3.11. The first-order valence-electron chi connectivity index (χ1n) is 3.71. The van der Waals surface area contributed by atoms with Gasteiger partial charge in [0.05, 0.1) is 4.88 Å². The van der Waals surface area contributed by atoms with Crippen molar-refractivity contribution in [2.45, 2.75) is 0 Å². The standard InChI is InChI=1S/C8H10Cl2N2S/c1-12(2)8-11-7(10)6(13-8)4-3-5-9/h3-4H,5H2,1-2H3. The number of hydrogen-bond acceptors (Lipinski definition) is 3. The summed E-state index contributed by atoms with van der Waals surface area (Å²) >= 11 is 13.0. The van der Waals surface area contributed by atoms with Crippen LogP contribution in [0.4, 0.5) is 5.13 Å². The monoisotopic (exact) mass is 236 g/mol. The van der Waals surface area contributed by atoms with Gasteiger partial charge in [-0.25, -0.2) is 4.98 Å². The fourth-order valence-corrected chi connectivity index (χ4v) is 1.96. The fraction of sp³-hybridized carbons (Fsp3) is 0.375. The van der Waals surface area contributed by atoms with Gasteiger partial charge in [0.15, 0.2) is 5.13 Å². The Kier molecular flexibility index (Phi) is 4.03. The smallest absolute Gasteiger partial charge is 0.186 e. The van der Waals surface area contributed by atoms with Crippen molar-refractivity contribution in [3.05, 3.63) is 16.1 Å². The van der Waals surface area contributed by atoms with E-state index in [4.69, 9.17) is 23.2 Å². The minimum absolute atomic E-state index is 0.492. The molecule has 13 heavy (non-hydrogen) atoms. The quantitative estimate of drug-likeness (QED) is 0.751. The van der Waals surface area contributed by atoms with Crippen LogP contribution in [-0.4, -0.2) is 25.0 Å². The van der Waals surface area contributed by atoms with Gasteiger partial charge >= 0.3 is 0 Å². The topological polar surface area (TPSA) is 16.1 Å². The Morgan fingerprint density at radius 2 is 2.23 bits per heavy atom. The Balaban J connectivity index is 2.90. The number of aromatic nitrogens is 1.